The Hall–Kier alpha value is -0.260. The van der Waals surface area contributed by atoms with Crippen molar-refractivity contribution < 1.29 is 0 Å². The van der Waals surface area contributed by atoms with Crippen LogP contribution in [0.1, 0.15) is 86.5 Å². The number of allylic oxidation sites excluding steroid dienone is 1. The number of rotatable bonds is 4. The van der Waals surface area contributed by atoms with Crippen molar-refractivity contribution in [3.05, 3.63) is 12.7 Å². The van der Waals surface area contributed by atoms with Gasteiger partial charge in [-0.3, -0.25) is 0 Å². The van der Waals surface area contributed by atoms with E-state index in [4.69, 9.17) is 0 Å². The van der Waals surface area contributed by atoms with E-state index in [1.165, 1.54) is 44.9 Å². The second kappa shape index (κ2) is 4.87. The van der Waals surface area contributed by atoms with Gasteiger partial charge in [-0.2, -0.15) is 0 Å². The van der Waals surface area contributed by atoms with Gasteiger partial charge in [0, 0.05) is 0 Å². The molecule has 22 heavy (non-hydrogen) atoms. The molecule has 0 heteroatoms. The smallest absolute Gasteiger partial charge is 0.00900 e. The molecule has 0 nitrogen and oxygen atoms in total. The molecule has 0 aromatic rings. The highest BCUT2D eigenvalue weighted by Gasteiger charge is 2.72. The van der Waals surface area contributed by atoms with Gasteiger partial charge in [-0.05, 0) is 77.9 Å². The van der Waals surface area contributed by atoms with Crippen molar-refractivity contribution in [1.29, 1.82) is 0 Å². The maximum absolute atomic E-state index is 4.28. The summed E-state index contributed by atoms with van der Waals surface area (Å²) in [6, 6.07) is 0. The lowest BCUT2D eigenvalue weighted by molar-refractivity contribution is -0.250. The third kappa shape index (κ3) is 1.76. The van der Waals surface area contributed by atoms with Crippen LogP contribution in [0, 0.1) is 39.4 Å². The van der Waals surface area contributed by atoms with Crippen LogP contribution in [-0.2, 0) is 0 Å². The summed E-state index contributed by atoms with van der Waals surface area (Å²) in [7, 11) is 0. The molecular weight excluding hydrogens is 264 g/mol. The van der Waals surface area contributed by atoms with E-state index in [1.54, 1.807) is 0 Å². The maximum Gasteiger partial charge on any atom is -0.00900 e. The van der Waals surface area contributed by atoms with Crippen molar-refractivity contribution in [2.24, 2.45) is 39.4 Å². The van der Waals surface area contributed by atoms with Crippen molar-refractivity contribution in [3.63, 3.8) is 0 Å². The molecule has 3 atom stereocenters. The zero-order valence-corrected chi connectivity index (χ0v) is 16.0. The van der Waals surface area contributed by atoms with E-state index < -0.39 is 0 Å². The second-order valence-corrected chi connectivity index (χ2v) is 10.2. The van der Waals surface area contributed by atoms with Crippen LogP contribution in [0.3, 0.4) is 0 Å². The first-order valence-corrected chi connectivity index (χ1v) is 9.80. The van der Waals surface area contributed by atoms with Crippen LogP contribution < -0.4 is 0 Å². The van der Waals surface area contributed by atoms with Crippen molar-refractivity contribution in [2.45, 2.75) is 86.5 Å². The summed E-state index contributed by atoms with van der Waals surface area (Å²) in [5.74, 6) is 2.61. The lowest BCUT2D eigenvalue weighted by Gasteiger charge is -2.74. The standard InChI is InChI=1S/C22H38/c1-8-19(6)11-9-12-20(19,7)22-14-21(15-22,17(4)5)13-10-18(22)16(2)3/h8,16-18H,1,9-15H2,2-7H3. The summed E-state index contributed by atoms with van der Waals surface area (Å²) in [6.07, 6.45) is 12.5. The van der Waals surface area contributed by atoms with Gasteiger partial charge >= 0.3 is 0 Å². The molecule has 4 saturated carbocycles. The Morgan fingerprint density at radius 3 is 2.14 bits per heavy atom. The van der Waals surface area contributed by atoms with Crippen LogP contribution in [0.25, 0.3) is 0 Å². The molecule has 2 bridgehead atoms. The van der Waals surface area contributed by atoms with E-state index in [2.05, 4.69) is 54.2 Å². The zero-order chi connectivity index (χ0) is 16.4. The van der Waals surface area contributed by atoms with E-state index in [0.29, 0.717) is 21.7 Å². The second-order valence-electron chi connectivity index (χ2n) is 10.2. The fraction of sp³-hybridized carbons (Fsp3) is 0.909. The average molecular weight is 303 g/mol. The van der Waals surface area contributed by atoms with E-state index in [-0.39, 0.29) is 0 Å². The van der Waals surface area contributed by atoms with Crippen molar-refractivity contribution >= 4 is 0 Å². The van der Waals surface area contributed by atoms with Gasteiger partial charge in [0.15, 0.2) is 0 Å². The molecule has 4 fully saturated rings. The minimum Gasteiger partial charge on any atom is -0.103 e. The Kier molecular flexibility index (Phi) is 3.67. The third-order valence-corrected chi connectivity index (χ3v) is 9.21. The molecule has 4 rings (SSSR count). The van der Waals surface area contributed by atoms with Crippen molar-refractivity contribution in [3.8, 4) is 0 Å². The fourth-order valence-corrected chi connectivity index (χ4v) is 7.35. The highest BCUT2D eigenvalue weighted by Crippen LogP contribution is 2.80. The normalized spacial score (nSPS) is 51.2. The molecule has 0 N–H and O–H groups in total. The molecular formula is C22H38. The van der Waals surface area contributed by atoms with Gasteiger partial charge in [0.2, 0.25) is 0 Å². The third-order valence-electron chi connectivity index (χ3n) is 9.21. The molecule has 126 valence electrons. The number of fused-ring (bicyclic) bond motifs is 2. The van der Waals surface area contributed by atoms with E-state index in [1.807, 2.05) is 0 Å². The molecule has 4 aliphatic rings. The highest BCUT2D eigenvalue weighted by atomic mass is 14.8. The van der Waals surface area contributed by atoms with Crippen LogP contribution in [0.4, 0.5) is 0 Å². The van der Waals surface area contributed by atoms with Crippen LogP contribution >= 0.6 is 0 Å². The van der Waals surface area contributed by atoms with Crippen LogP contribution in [0.5, 0.6) is 0 Å². The summed E-state index contributed by atoms with van der Waals surface area (Å²) in [4.78, 5) is 0. The van der Waals surface area contributed by atoms with Gasteiger partial charge < -0.3 is 0 Å². The summed E-state index contributed by atoms with van der Waals surface area (Å²) in [5.41, 5.74) is 2.07. The molecule has 4 aliphatic carbocycles. The van der Waals surface area contributed by atoms with Gasteiger partial charge in [0.05, 0.1) is 0 Å². The predicted octanol–water partition coefficient (Wildman–Crippen LogP) is 6.86. The number of hydrogen-bond acceptors (Lipinski definition) is 0. The molecule has 0 aromatic heterocycles. The highest BCUT2D eigenvalue weighted by molar-refractivity contribution is 5.23. The molecule has 0 heterocycles. The van der Waals surface area contributed by atoms with Crippen LogP contribution in [0.15, 0.2) is 12.7 Å². The number of hydrogen-bond donors (Lipinski definition) is 0. The van der Waals surface area contributed by atoms with Gasteiger partial charge in [-0.1, -0.05) is 54.0 Å². The quantitative estimate of drug-likeness (QED) is 0.498. The minimum absolute atomic E-state index is 0.348. The Labute approximate surface area is 139 Å². The lowest BCUT2D eigenvalue weighted by atomic mass is 9.30. The molecule has 0 aromatic carbocycles. The van der Waals surface area contributed by atoms with E-state index in [9.17, 15) is 0 Å². The van der Waals surface area contributed by atoms with Crippen molar-refractivity contribution in [1.82, 2.24) is 0 Å². The summed E-state index contributed by atoms with van der Waals surface area (Å²) >= 11 is 0. The molecule has 0 amide bonds. The summed E-state index contributed by atoms with van der Waals surface area (Å²) in [5, 5.41) is 0. The fourth-order valence-electron chi connectivity index (χ4n) is 7.35. The predicted molar refractivity (Wildman–Crippen MR) is 96.8 cm³/mol. The Morgan fingerprint density at radius 1 is 1.00 bits per heavy atom. The molecule has 0 saturated heterocycles. The Balaban J connectivity index is 2.03. The van der Waals surface area contributed by atoms with Crippen LogP contribution in [-0.4, -0.2) is 0 Å². The lowest BCUT2D eigenvalue weighted by Crippen LogP contribution is -2.66. The molecule has 3 unspecified atom stereocenters. The topological polar surface area (TPSA) is 0 Å². The molecule has 0 radical (unpaired) electrons. The largest absolute Gasteiger partial charge is 0.103 e. The van der Waals surface area contributed by atoms with E-state index >= 15 is 0 Å². The van der Waals surface area contributed by atoms with Crippen LogP contribution in [0.2, 0.25) is 0 Å². The SMILES string of the molecule is C=CC1(C)CCCC1(C)C12CC(C(C)C)(CCC1C(C)C)C2. The first-order valence-electron chi connectivity index (χ1n) is 9.80. The summed E-state index contributed by atoms with van der Waals surface area (Å²) in [6.45, 7) is 19.4. The minimum atomic E-state index is 0.348. The molecule has 0 spiro atoms. The monoisotopic (exact) mass is 302 g/mol. The molecule has 0 aliphatic heterocycles. The maximum atomic E-state index is 4.28. The zero-order valence-electron chi connectivity index (χ0n) is 16.0. The first-order chi connectivity index (χ1) is 10.2. The van der Waals surface area contributed by atoms with Gasteiger partial charge in [-0.25, -0.2) is 0 Å². The van der Waals surface area contributed by atoms with Gasteiger partial charge in [-0.15, -0.1) is 6.58 Å². The first kappa shape index (κ1) is 16.6. The van der Waals surface area contributed by atoms with Crippen molar-refractivity contribution in [2.75, 3.05) is 0 Å². The van der Waals surface area contributed by atoms with Gasteiger partial charge in [0.25, 0.3) is 0 Å². The Bertz CT molecular complexity index is 451. The summed E-state index contributed by atoms with van der Waals surface area (Å²) < 4.78 is 0. The Morgan fingerprint density at radius 2 is 1.64 bits per heavy atom. The van der Waals surface area contributed by atoms with E-state index in [0.717, 1.165) is 17.8 Å². The van der Waals surface area contributed by atoms with Gasteiger partial charge in [0.1, 0.15) is 0 Å². The average Bonchev–Trinajstić information content (AvgIpc) is 2.75.